The van der Waals surface area contributed by atoms with Crippen molar-refractivity contribution in [3.05, 3.63) is 59.1 Å². The summed E-state index contributed by atoms with van der Waals surface area (Å²) in [7, 11) is 0. The lowest BCUT2D eigenvalue weighted by molar-refractivity contribution is -0.130. The van der Waals surface area contributed by atoms with Crippen LogP contribution in [0.5, 0.6) is 0 Å². The molecule has 124 valence electrons. The lowest BCUT2D eigenvalue weighted by Gasteiger charge is -2.37. The summed E-state index contributed by atoms with van der Waals surface area (Å²) in [6.07, 6.45) is 3.66. The Bertz CT molecular complexity index is 651. The van der Waals surface area contributed by atoms with Crippen LogP contribution in [-0.4, -0.2) is 21.4 Å². The van der Waals surface area contributed by atoms with E-state index in [-0.39, 0.29) is 6.61 Å². The topological polar surface area (TPSA) is 39.9 Å². The molecule has 1 aromatic carbocycles. The Kier molecular flexibility index (Phi) is 6.16. The number of hydrogen-bond donors (Lipinski definition) is 0. The Hall–Kier alpha value is -1.43. The third-order valence-corrected chi connectivity index (χ3v) is 4.07. The van der Waals surface area contributed by atoms with Gasteiger partial charge in [0, 0.05) is 15.6 Å². The lowest BCUT2D eigenvalue weighted by Crippen LogP contribution is -2.38. The third-order valence-electron chi connectivity index (χ3n) is 3.52. The molecule has 0 radical (unpaired) electrons. The third kappa shape index (κ3) is 3.74. The number of nitrogens with zero attached hydrogens (tertiary/aromatic N) is 3. The first-order chi connectivity index (χ1) is 11.0. The van der Waals surface area contributed by atoms with E-state index in [2.05, 4.69) is 16.7 Å². The average Bonchev–Trinajstić information content (AvgIpc) is 3.05. The number of halogens is 3. The van der Waals surface area contributed by atoms with Crippen molar-refractivity contribution in [2.24, 2.45) is 0 Å². The van der Waals surface area contributed by atoms with Crippen LogP contribution in [0.1, 0.15) is 31.6 Å². The van der Waals surface area contributed by atoms with Crippen LogP contribution in [0.3, 0.4) is 0 Å². The molecule has 0 aliphatic heterocycles. The second kappa shape index (κ2) is 7.90. The number of alkyl halides is 1. The van der Waals surface area contributed by atoms with E-state index < -0.39 is 11.9 Å². The van der Waals surface area contributed by atoms with Crippen LogP contribution in [0.25, 0.3) is 0 Å². The molecule has 4 nitrogen and oxygen atoms in total. The van der Waals surface area contributed by atoms with E-state index in [0.29, 0.717) is 28.5 Å². The minimum atomic E-state index is -1.59. The van der Waals surface area contributed by atoms with Crippen LogP contribution in [0.15, 0.2) is 43.5 Å². The van der Waals surface area contributed by atoms with Crippen LogP contribution in [0.2, 0.25) is 10.0 Å². The minimum Gasteiger partial charge on any atom is -0.361 e. The predicted molar refractivity (Wildman–Crippen MR) is 89.4 cm³/mol. The second-order valence-electron chi connectivity index (χ2n) is 5.07. The Morgan fingerprint density at radius 2 is 2.26 bits per heavy atom. The summed E-state index contributed by atoms with van der Waals surface area (Å²) in [4.78, 5) is 3.81. The number of benzene rings is 1. The van der Waals surface area contributed by atoms with Gasteiger partial charge in [-0.3, -0.25) is 0 Å². The number of ether oxygens (including phenoxy) is 1. The summed E-state index contributed by atoms with van der Waals surface area (Å²) in [6, 6.07) is 4.93. The molecule has 1 heterocycles. The van der Waals surface area contributed by atoms with Gasteiger partial charge >= 0.3 is 0 Å². The van der Waals surface area contributed by atoms with Crippen LogP contribution in [-0.2, 0) is 10.3 Å². The lowest BCUT2D eigenvalue weighted by atomic mass is 9.87. The van der Waals surface area contributed by atoms with E-state index >= 15 is 4.39 Å². The van der Waals surface area contributed by atoms with Crippen LogP contribution in [0, 0.1) is 0 Å². The van der Waals surface area contributed by atoms with Gasteiger partial charge in [0.15, 0.2) is 0 Å². The summed E-state index contributed by atoms with van der Waals surface area (Å²) in [5, 5.41) is 4.72. The largest absolute Gasteiger partial charge is 0.361 e. The summed E-state index contributed by atoms with van der Waals surface area (Å²) in [6.45, 7) is 5.76. The highest BCUT2D eigenvalue weighted by molar-refractivity contribution is 6.35. The fourth-order valence-corrected chi connectivity index (χ4v) is 3.13. The molecule has 0 aliphatic rings. The van der Waals surface area contributed by atoms with Crippen molar-refractivity contribution >= 4 is 23.2 Å². The maximum Gasteiger partial charge on any atom is 0.226 e. The van der Waals surface area contributed by atoms with E-state index in [9.17, 15) is 0 Å². The van der Waals surface area contributed by atoms with Gasteiger partial charge in [0.1, 0.15) is 18.3 Å². The van der Waals surface area contributed by atoms with Crippen molar-refractivity contribution in [3.63, 3.8) is 0 Å². The maximum absolute atomic E-state index is 15.4. The van der Waals surface area contributed by atoms with Gasteiger partial charge in [0.05, 0.1) is 6.61 Å². The molecule has 1 aromatic heterocycles. The molecular weight excluding hydrogens is 340 g/mol. The molecule has 0 aliphatic carbocycles. The quantitative estimate of drug-likeness (QED) is 0.627. The van der Waals surface area contributed by atoms with Crippen molar-refractivity contribution in [1.29, 1.82) is 0 Å². The highest BCUT2D eigenvalue weighted by Gasteiger charge is 2.44. The molecule has 2 rings (SSSR count). The molecule has 23 heavy (non-hydrogen) atoms. The highest BCUT2D eigenvalue weighted by atomic mass is 35.5. The zero-order chi connectivity index (χ0) is 16.9. The first-order valence-electron chi connectivity index (χ1n) is 7.23. The summed E-state index contributed by atoms with van der Waals surface area (Å²) in [5.74, 6) is 0. The van der Waals surface area contributed by atoms with E-state index in [1.54, 1.807) is 24.3 Å². The summed E-state index contributed by atoms with van der Waals surface area (Å²) >= 11 is 12.3. The normalized spacial score (nSPS) is 15.1. The predicted octanol–water partition coefficient (Wildman–Crippen LogP) is 4.95. The van der Waals surface area contributed by atoms with E-state index in [4.69, 9.17) is 27.9 Å². The second-order valence-corrected chi connectivity index (χ2v) is 5.92. The number of hydrogen-bond acceptors (Lipinski definition) is 3. The zero-order valence-corrected chi connectivity index (χ0v) is 14.3. The maximum atomic E-state index is 15.4. The molecule has 0 saturated heterocycles. The molecule has 0 saturated carbocycles. The Balaban J connectivity index is 2.57. The van der Waals surface area contributed by atoms with Gasteiger partial charge in [-0.05, 0) is 18.6 Å². The minimum absolute atomic E-state index is 0.175. The smallest absolute Gasteiger partial charge is 0.226 e. The van der Waals surface area contributed by atoms with E-state index in [1.807, 2.05) is 6.92 Å². The standard InChI is InChI=1S/C16H18Cl2FN3O/c1-3-7-16(23-8-4-2,15(19)22-11-20-10-21-22)13-6-5-12(17)9-14(13)18/h4-6,9-11,15H,2-3,7-8H2,1H3. The van der Waals surface area contributed by atoms with Gasteiger partial charge in [-0.1, -0.05) is 48.7 Å². The monoisotopic (exact) mass is 357 g/mol. The number of aromatic nitrogens is 3. The van der Waals surface area contributed by atoms with Crippen LogP contribution < -0.4 is 0 Å². The molecule has 7 heteroatoms. The molecule has 0 bridgehead atoms. The highest BCUT2D eigenvalue weighted by Crippen LogP contribution is 2.45. The van der Waals surface area contributed by atoms with Gasteiger partial charge in [-0.25, -0.2) is 14.1 Å². The van der Waals surface area contributed by atoms with Crippen LogP contribution in [0.4, 0.5) is 4.39 Å². The first-order valence-corrected chi connectivity index (χ1v) is 7.99. The molecule has 2 unspecified atom stereocenters. The Labute approximate surface area is 144 Å². The molecule has 0 amide bonds. The van der Waals surface area contributed by atoms with E-state index in [0.717, 1.165) is 4.68 Å². The number of rotatable bonds is 8. The van der Waals surface area contributed by atoms with Gasteiger partial charge < -0.3 is 4.74 Å². The summed E-state index contributed by atoms with van der Waals surface area (Å²) in [5.41, 5.74) is -0.784. The Morgan fingerprint density at radius 1 is 1.48 bits per heavy atom. The van der Waals surface area contributed by atoms with Gasteiger partial charge in [0.25, 0.3) is 0 Å². The fraction of sp³-hybridized carbons (Fsp3) is 0.375. The van der Waals surface area contributed by atoms with E-state index in [1.165, 1.54) is 12.7 Å². The zero-order valence-electron chi connectivity index (χ0n) is 12.8. The van der Waals surface area contributed by atoms with Crippen LogP contribution >= 0.6 is 23.2 Å². The first kappa shape index (κ1) is 17.9. The summed E-state index contributed by atoms with van der Waals surface area (Å²) < 4.78 is 22.4. The fourth-order valence-electron chi connectivity index (χ4n) is 2.56. The SMILES string of the molecule is C=CCOC(CCC)(c1ccc(Cl)cc1Cl)C(F)n1cncn1. The van der Waals surface area contributed by atoms with Crippen molar-refractivity contribution < 1.29 is 9.13 Å². The molecule has 2 aromatic rings. The molecule has 0 fully saturated rings. The van der Waals surface area contributed by atoms with Gasteiger partial charge in [-0.15, -0.1) is 6.58 Å². The molecule has 0 spiro atoms. The molecule has 2 atom stereocenters. The molecule has 0 N–H and O–H groups in total. The van der Waals surface area contributed by atoms with Gasteiger partial charge in [-0.2, -0.15) is 5.10 Å². The Morgan fingerprint density at radius 3 is 2.83 bits per heavy atom. The van der Waals surface area contributed by atoms with Crippen molar-refractivity contribution in [2.45, 2.75) is 31.7 Å². The average molecular weight is 358 g/mol. The molecular formula is C16H18Cl2FN3O. The van der Waals surface area contributed by atoms with Crippen molar-refractivity contribution in [1.82, 2.24) is 14.8 Å². The van der Waals surface area contributed by atoms with Crippen molar-refractivity contribution in [2.75, 3.05) is 6.61 Å². The van der Waals surface area contributed by atoms with Gasteiger partial charge in [0.2, 0.25) is 6.30 Å². The van der Waals surface area contributed by atoms with Crippen molar-refractivity contribution in [3.8, 4) is 0 Å².